The fourth-order valence-corrected chi connectivity index (χ4v) is 5.87. The zero-order chi connectivity index (χ0) is 31.8. The molecule has 0 aliphatic heterocycles. The van der Waals surface area contributed by atoms with Crippen LogP contribution in [0.3, 0.4) is 0 Å². The molecule has 0 aliphatic carbocycles. The van der Waals surface area contributed by atoms with E-state index in [1.54, 1.807) is 41.1 Å². The summed E-state index contributed by atoms with van der Waals surface area (Å²) >= 11 is 0. The molecule has 0 spiro atoms. The first kappa shape index (κ1) is 28.4. The number of furan rings is 1. The number of fused-ring (bicyclic) bond motifs is 6. The number of rotatable bonds is 5. The minimum absolute atomic E-state index is 0.0273. The van der Waals surface area contributed by atoms with Crippen molar-refractivity contribution in [2.45, 2.75) is 6.18 Å². The van der Waals surface area contributed by atoms with Crippen molar-refractivity contribution in [3.05, 3.63) is 90.3 Å². The molecule has 0 N–H and O–H groups in total. The Kier molecular flexibility index (Phi) is 6.20. The van der Waals surface area contributed by atoms with Gasteiger partial charge in [-0.1, -0.05) is 6.07 Å². The summed E-state index contributed by atoms with van der Waals surface area (Å²) in [6, 6.07) is 14.5. The third-order valence-electron chi connectivity index (χ3n) is 7.65. The highest BCUT2D eigenvalue weighted by atomic mass is 32.2. The van der Waals surface area contributed by atoms with Gasteiger partial charge >= 0.3 is 6.18 Å². The Bertz CT molecular complexity index is 2450. The summed E-state index contributed by atoms with van der Waals surface area (Å²) in [6.45, 7) is 0. The average Bonchev–Trinajstić information content (AvgIpc) is 3.58. The standard InChI is InChI=1S/C31H19F4N5O4S/c1-39(45(2,42)43)25-12-27-17(20(14-41)30(44-27)16-6-9-28(36-13-16)31(33,34)35)10-19(25)22-7-8-23-29(38-22)26-11-18-21(32)4-3-5-24(18)40(26)15-37-23/h3-15H,1-2H3. The molecule has 14 heteroatoms. The fraction of sp³-hybridized carbons (Fsp3) is 0.0968. The van der Waals surface area contributed by atoms with Gasteiger partial charge in [-0.3, -0.25) is 18.5 Å². The normalized spacial score (nSPS) is 12.5. The van der Waals surface area contributed by atoms with Crippen molar-refractivity contribution in [3.63, 3.8) is 0 Å². The lowest BCUT2D eigenvalue weighted by molar-refractivity contribution is -0.141. The smallest absolute Gasteiger partial charge is 0.433 e. The van der Waals surface area contributed by atoms with E-state index in [0.717, 1.165) is 28.9 Å². The number of aldehydes is 1. The molecule has 0 unspecified atom stereocenters. The Labute approximate surface area is 251 Å². The van der Waals surface area contributed by atoms with Gasteiger partial charge in [-0.2, -0.15) is 13.2 Å². The second-order valence-electron chi connectivity index (χ2n) is 10.4. The number of carbonyl (C=O) groups excluding carboxylic acids is 1. The summed E-state index contributed by atoms with van der Waals surface area (Å²) in [5.74, 6) is -0.450. The zero-order valence-corrected chi connectivity index (χ0v) is 24.1. The molecule has 0 amide bonds. The zero-order valence-electron chi connectivity index (χ0n) is 23.3. The fourth-order valence-electron chi connectivity index (χ4n) is 5.36. The SMILES string of the molecule is CN(c1cc2oc(-c3ccc(C(F)(F)F)nc3)c(C=O)c2cc1-c1ccc2ncn3c4cccc(F)c4cc3c2n1)S(C)(=O)=O. The molecule has 2 aromatic carbocycles. The molecule has 0 atom stereocenters. The number of pyridine rings is 2. The number of sulfonamides is 1. The summed E-state index contributed by atoms with van der Waals surface area (Å²) in [7, 11) is -2.47. The molecule has 0 fully saturated rings. The Morgan fingerprint density at radius 1 is 0.978 bits per heavy atom. The third kappa shape index (κ3) is 4.56. The Balaban J connectivity index is 1.48. The van der Waals surface area contributed by atoms with Crippen LogP contribution in [0.4, 0.5) is 23.2 Å². The van der Waals surface area contributed by atoms with Gasteiger partial charge in [0.05, 0.1) is 39.8 Å². The highest BCUT2D eigenvalue weighted by Crippen LogP contribution is 2.41. The van der Waals surface area contributed by atoms with Crippen molar-refractivity contribution in [2.75, 3.05) is 17.6 Å². The van der Waals surface area contributed by atoms with Gasteiger partial charge in [-0.05, 0) is 48.5 Å². The van der Waals surface area contributed by atoms with Gasteiger partial charge in [0.25, 0.3) is 0 Å². The van der Waals surface area contributed by atoms with Crippen LogP contribution >= 0.6 is 0 Å². The summed E-state index contributed by atoms with van der Waals surface area (Å²) in [5.41, 5.74) is 1.99. The van der Waals surface area contributed by atoms with E-state index < -0.39 is 27.7 Å². The summed E-state index contributed by atoms with van der Waals surface area (Å²) in [6.07, 6.45) is -0.623. The van der Waals surface area contributed by atoms with Crippen molar-refractivity contribution < 1.29 is 35.2 Å². The molecular formula is C31H19F4N5O4S. The van der Waals surface area contributed by atoms with Gasteiger partial charge < -0.3 is 4.42 Å². The van der Waals surface area contributed by atoms with Crippen LogP contribution < -0.4 is 4.31 Å². The highest BCUT2D eigenvalue weighted by Gasteiger charge is 2.32. The number of hydrogen-bond donors (Lipinski definition) is 0. The Hall–Kier alpha value is -5.37. The number of carbonyl (C=O) groups is 1. The molecule has 0 bridgehead atoms. The molecule has 7 aromatic rings. The minimum atomic E-state index is -4.66. The van der Waals surface area contributed by atoms with Crippen molar-refractivity contribution in [2.24, 2.45) is 0 Å². The number of aromatic nitrogens is 4. The maximum Gasteiger partial charge on any atom is 0.433 e. The molecule has 5 heterocycles. The van der Waals surface area contributed by atoms with E-state index in [2.05, 4.69) is 9.97 Å². The molecule has 0 radical (unpaired) electrons. The number of nitrogens with zero attached hydrogens (tertiary/aromatic N) is 5. The van der Waals surface area contributed by atoms with Crippen LogP contribution in [0, 0.1) is 5.82 Å². The van der Waals surface area contributed by atoms with E-state index in [4.69, 9.17) is 9.40 Å². The molecule has 0 saturated heterocycles. The average molecular weight is 634 g/mol. The second kappa shape index (κ2) is 9.82. The largest absolute Gasteiger partial charge is 0.455 e. The van der Waals surface area contributed by atoms with Gasteiger partial charge in [0.1, 0.15) is 34.7 Å². The second-order valence-corrected chi connectivity index (χ2v) is 12.4. The van der Waals surface area contributed by atoms with E-state index in [0.29, 0.717) is 45.0 Å². The van der Waals surface area contributed by atoms with Gasteiger partial charge in [-0.25, -0.2) is 22.8 Å². The maximum atomic E-state index is 14.6. The Morgan fingerprint density at radius 3 is 2.47 bits per heavy atom. The lowest BCUT2D eigenvalue weighted by atomic mass is 10.0. The quantitative estimate of drug-likeness (QED) is 0.150. The number of benzene rings is 2. The van der Waals surface area contributed by atoms with Gasteiger partial charge in [-0.15, -0.1) is 0 Å². The predicted octanol–water partition coefficient (Wildman–Crippen LogP) is 6.88. The highest BCUT2D eigenvalue weighted by molar-refractivity contribution is 7.92. The summed E-state index contributed by atoms with van der Waals surface area (Å²) in [5, 5.41) is 0.645. The lowest BCUT2D eigenvalue weighted by Crippen LogP contribution is -2.25. The molecule has 0 aliphatic rings. The lowest BCUT2D eigenvalue weighted by Gasteiger charge is -2.20. The topological polar surface area (TPSA) is 111 Å². The van der Waals surface area contributed by atoms with Crippen LogP contribution in [0.5, 0.6) is 0 Å². The van der Waals surface area contributed by atoms with Crippen LogP contribution in [-0.2, 0) is 16.2 Å². The van der Waals surface area contributed by atoms with E-state index in [9.17, 15) is 30.8 Å². The summed E-state index contributed by atoms with van der Waals surface area (Å²) < 4.78 is 88.0. The molecule has 226 valence electrons. The van der Waals surface area contributed by atoms with Gasteiger partial charge in [0, 0.05) is 41.2 Å². The van der Waals surface area contributed by atoms with Gasteiger partial charge in [0.15, 0.2) is 6.29 Å². The van der Waals surface area contributed by atoms with E-state index in [-0.39, 0.29) is 33.5 Å². The van der Waals surface area contributed by atoms with Crippen LogP contribution in [0.25, 0.3) is 61.0 Å². The Morgan fingerprint density at radius 2 is 1.78 bits per heavy atom. The van der Waals surface area contributed by atoms with Gasteiger partial charge in [0.2, 0.25) is 10.0 Å². The van der Waals surface area contributed by atoms with Crippen molar-refractivity contribution in [1.29, 1.82) is 0 Å². The van der Waals surface area contributed by atoms with Crippen LogP contribution in [0.1, 0.15) is 16.1 Å². The van der Waals surface area contributed by atoms with Crippen molar-refractivity contribution in [1.82, 2.24) is 19.4 Å². The molecule has 7 rings (SSSR count). The number of alkyl halides is 3. The molecular weight excluding hydrogens is 614 g/mol. The number of halogens is 4. The van der Waals surface area contributed by atoms with Crippen molar-refractivity contribution in [3.8, 4) is 22.6 Å². The van der Waals surface area contributed by atoms with E-state index in [1.165, 1.54) is 25.2 Å². The maximum absolute atomic E-state index is 14.6. The van der Waals surface area contributed by atoms with E-state index in [1.807, 2.05) is 0 Å². The molecule has 0 saturated carbocycles. The first-order valence-electron chi connectivity index (χ1n) is 13.2. The van der Waals surface area contributed by atoms with Crippen LogP contribution in [-0.4, -0.2) is 47.4 Å². The first-order valence-corrected chi connectivity index (χ1v) is 15.1. The number of hydrogen-bond acceptors (Lipinski definition) is 7. The first-order chi connectivity index (χ1) is 21.3. The van der Waals surface area contributed by atoms with Crippen LogP contribution in [0.15, 0.2) is 77.6 Å². The molecule has 45 heavy (non-hydrogen) atoms. The van der Waals surface area contributed by atoms with Crippen LogP contribution in [0.2, 0.25) is 0 Å². The third-order valence-corrected chi connectivity index (χ3v) is 8.84. The predicted molar refractivity (Wildman–Crippen MR) is 160 cm³/mol. The monoisotopic (exact) mass is 633 g/mol. The molecule has 5 aromatic heterocycles. The minimum Gasteiger partial charge on any atom is -0.455 e. The summed E-state index contributed by atoms with van der Waals surface area (Å²) in [4.78, 5) is 25.1. The van der Waals surface area contributed by atoms with E-state index >= 15 is 0 Å². The molecule has 9 nitrogen and oxygen atoms in total. The number of anilines is 1. The van der Waals surface area contributed by atoms with Crippen molar-refractivity contribution >= 4 is 60.4 Å².